The Balaban J connectivity index is 1.53. The van der Waals surface area contributed by atoms with Crippen LogP contribution in [0.5, 0.6) is 5.88 Å². The number of likely N-dealkylation sites (tertiary alicyclic amines) is 1. The average molecular weight is 280 g/mol. The van der Waals surface area contributed by atoms with E-state index in [0.29, 0.717) is 24.0 Å². The zero-order valence-electron chi connectivity index (χ0n) is 9.82. The van der Waals surface area contributed by atoms with Gasteiger partial charge in [0.15, 0.2) is 0 Å². The van der Waals surface area contributed by atoms with E-state index in [-0.39, 0.29) is 17.8 Å². The number of carbonyl (C=O) groups excluding carboxylic acids is 1. The van der Waals surface area contributed by atoms with E-state index in [1.54, 1.807) is 17.0 Å². The molecule has 0 aromatic carbocycles. The van der Waals surface area contributed by atoms with E-state index in [1.165, 1.54) is 18.5 Å². The van der Waals surface area contributed by atoms with Crippen LogP contribution in [0, 0.1) is 0 Å². The van der Waals surface area contributed by atoms with Crippen molar-refractivity contribution in [3.63, 3.8) is 0 Å². The van der Waals surface area contributed by atoms with Gasteiger partial charge in [-0.15, -0.1) is 0 Å². The molecule has 0 unspecified atom stereocenters. The van der Waals surface area contributed by atoms with E-state index in [2.05, 4.69) is 10.1 Å². The highest BCUT2D eigenvalue weighted by Crippen LogP contribution is 2.19. The number of rotatable bonds is 3. The van der Waals surface area contributed by atoms with E-state index in [4.69, 9.17) is 20.9 Å². The van der Waals surface area contributed by atoms with Gasteiger partial charge in [0, 0.05) is 18.3 Å². The summed E-state index contributed by atoms with van der Waals surface area (Å²) in [6, 6.07) is 4.94. The van der Waals surface area contributed by atoms with Gasteiger partial charge in [-0.25, -0.2) is 4.98 Å². The Labute approximate surface area is 113 Å². The standard InChI is InChI=1S/C12H10ClN3O3/c13-8-1-2-11(14-5-8)18-9-6-16(7-9)12(17)10-3-4-15-19-10/h1-5,9H,6-7H2. The Kier molecular flexibility index (Phi) is 3.08. The summed E-state index contributed by atoms with van der Waals surface area (Å²) in [6.45, 7) is 1.01. The third-order valence-corrected chi connectivity index (χ3v) is 3.00. The van der Waals surface area contributed by atoms with E-state index < -0.39 is 0 Å². The van der Waals surface area contributed by atoms with Crippen LogP contribution in [0.25, 0.3) is 0 Å². The molecule has 0 spiro atoms. The van der Waals surface area contributed by atoms with Gasteiger partial charge in [0.25, 0.3) is 5.91 Å². The van der Waals surface area contributed by atoms with Crippen LogP contribution in [-0.4, -0.2) is 40.1 Å². The van der Waals surface area contributed by atoms with Crippen molar-refractivity contribution < 1.29 is 14.1 Å². The first kappa shape index (κ1) is 12.0. The summed E-state index contributed by atoms with van der Waals surface area (Å²) in [5.74, 6) is 0.561. The zero-order chi connectivity index (χ0) is 13.2. The van der Waals surface area contributed by atoms with Crippen molar-refractivity contribution in [2.24, 2.45) is 0 Å². The lowest BCUT2D eigenvalue weighted by Crippen LogP contribution is -2.56. The predicted octanol–water partition coefficient (Wildman–Crippen LogP) is 1.63. The molecule has 2 aromatic rings. The molecule has 98 valence electrons. The number of nitrogens with zero attached hydrogens (tertiary/aromatic N) is 3. The lowest BCUT2D eigenvalue weighted by atomic mass is 10.1. The molecule has 7 heteroatoms. The Morgan fingerprint density at radius 1 is 1.42 bits per heavy atom. The first-order chi connectivity index (χ1) is 9.22. The van der Waals surface area contributed by atoms with Crippen LogP contribution in [-0.2, 0) is 0 Å². The summed E-state index contributed by atoms with van der Waals surface area (Å²) >= 11 is 5.73. The maximum absolute atomic E-state index is 11.8. The number of halogens is 1. The molecule has 0 aliphatic carbocycles. The van der Waals surface area contributed by atoms with Crippen molar-refractivity contribution in [3.8, 4) is 5.88 Å². The maximum Gasteiger partial charge on any atom is 0.292 e. The fraction of sp³-hybridized carbons (Fsp3) is 0.250. The first-order valence-corrected chi connectivity index (χ1v) is 6.08. The van der Waals surface area contributed by atoms with Gasteiger partial charge in [0.1, 0.15) is 6.10 Å². The molecule has 1 amide bonds. The molecular formula is C12H10ClN3O3. The second-order valence-corrected chi connectivity index (χ2v) is 4.58. The number of pyridine rings is 1. The lowest BCUT2D eigenvalue weighted by Gasteiger charge is -2.37. The molecule has 0 atom stereocenters. The summed E-state index contributed by atoms with van der Waals surface area (Å²) in [4.78, 5) is 17.5. The number of carbonyl (C=O) groups is 1. The average Bonchev–Trinajstić information content (AvgIpc) is 2.88. The molecule has 1 aliphatic heterocycles. The van der Waals surface area contributed by atoms with Gasteiger partial charge in [-0.1, -0.05) is 16.8 Å². The summed E-state index contributed by atoms with van der Waals surface area (Å²) in [5, 5.41) is 4.06. The van der Waals surface area contributed by atoms with Gasteiger partial charge < -0.3 is 14.2 Å². The molecule has 1 fully saturated rings. The first-order valence-electron chi connectivity index (χ1n) is 5.70. The molecule has 1 aliphatic rings. The van der Waals surface area contributed by atoms with Crippen LogP contribution in [0.1, 0.15) is 10.6 Å². The smallest absolute Gasteiger partial charge is 0.292 e. The second kappa shape index (κ2) is 4.89. The number of hydrogen-bond donors (Lipinski definition) is 0. The number of ether oxygens (including phenoxy) is 1. The summed E-state index contributed by atoms with van der Waals surface area (Å²) < 4.78 is 10.4. The summed E-state index contributed by atoms with van der Waals surface area (Å²) in [6.07, 6.45) is 2.91. The third kappa shape index (κ3) is 2.53. The predicted molar refractivity (Wildman–Crippen MR) is 66.1 cm³/mol. The quantitative estimate of drug-likeness (QED) is 0.854. The van der Waals surface area contributed by atoms with Crippen LogP contribution in [0.3, 0.4) is 0 Å². The minimum absolute atomic E-state index is 0.0550. The van der Waals surface area contributed by atoms with E-state index in [9.17, 15) is 4.79 Å². The van der Waals surface area contributed by atoms with Crippen molar-refractivity contribution in [2.75, 3.05) is 13.1 Å². The van der Waals surface area contributed by atoms with E-state index in [1.807, 2.05) is 0 Å². The van der Waals surface area contributed by atoms with E-state index >= 15 is 0 Å². The highest BCUT2D eigenvalue weighted by atomic mass is 35.5. The SMILES string of the molecule is O=C(c1ccno1)N1CC(Oc2ccc(Cl)cn2)C1. The molecule has 3 heterocycles. The Morgan fingerprint density at radius 3 is 2.89 bits per heavy atom. The maximum atomic E-state index is 11.8. The molecular weight excluding hydrogens is 270 g/mol. The second-order valence-electron chi connectivity index (χ2n) is 4.14. The molecule has 0 N–H and O–H groups in total. The van der Waals surface area contributed by atoms with Crippen molar-refractivity contribution in [1.29, 1.82) is 0 Å². The molecule has 3 rings (SSSR count). The fourth-order valence-electron chi connectivity index (χ4n) is 1.76. The third-order valence-electron chi connectivity index (χ3n) is 2.77. The van der Waals surface area contributed by atoms with Gasteiger partial charge >= 0.3 is 0 Å². The summed E-state index contributed by atoms with van der Waals surface area (Å²) in [5.41, 5.74) is 0. The van der Waals surface area contributed by atoms with Crippen molar-refractivity contribution in [2.45, 2.75) is 6.10 Å². The summed E-state index contributed by atoms with van der Waals surface area (Å²) in [7, 11) is 0. The minimum atomic E-state index is -0.179. The van der Waals surface area contributed by atoms with Crippen LogP contribution in [0.15, 0.2) is 35.1 Å². The Morgan fingerprint density at radius 2 is 2.26 bits per heavy atom. The topological polar surface area (TPSA) is 68.5 Å². The Hall–Kier alpha value is -2.08. The van der Waals surface area contributed by atoms with Gasteiger partial charge in [0.05, 0.1) is 24.3 Å². The van der Waals surface area contributed by atoms with Crippen LogP contribution in [0.2, 0.25) is 5.02 Å². The molecule has 19 heavy (non-hydrogen) atoms. The van der Waals surface area contributed by atoms with Crippen molar-refractivity contribution in [1.82, 2.24) is 15.0 Å². The van der Waals surface area contributed by atoms with Gasteiger partial charge in [-0.3, -0.25) is 4.79 Å². The number of aromatic nitrogens is 2. The number of hydrogen-bond acceptors (Lipinski definition) is 5. The molecule has 0 radical (unpaired) electrons. The highest BCUT2D eigenvalue weighted by Gasteiger charge is 2.34. The van der Waals surface area contributed by atoms with Gasteiger partial charge in [-0.2, -0.15) is 0 Å². The van der Waals surface area contributed by atoms with Crippen molar-refractivity contribution in [3.05, 3.63) is 41.4 Å². The van der Waals surface area contributed by atoms with Gasteiger partial charge in [0.2, 0.25) is 11.6 Å². The molecule has 0 saturated carbocycles. The van der Waals surface area contributed by atoms with Crippen molar-refractivity contribution >= 4 is 17.5 Å². The largest absolute Gasteiger partial charge is 0.471 e. The normalized spacial score (nSPS) is 15.1. The minimum Gasteiger partial charge on any atom is -0.471 e. The fourth-order valence-corrected chi connectivity index (χ4v) is 1.87. The zero-order valence-corrected chi connectivity index (χ0v) is 10.6. The van der Waals surface area contributed by atoms with Crippen LogP contribution in [0.4, 0.5) is 0 Å². The van der Waals surface area contributed by atoms with Gasteiger partial charge in [-0.05, 0) is 6.07 Å². The number of amides is 1. The van der Waals surface area contributed by atoms with Crippen LogP contribution >= 0.6 is 11.6 Å². The van der Waals surface area contributed by atoms with Crippen LogP contribution < -0.4 is 4.74 Å². The Bertz CT molecular complexity index is 564. The molecule has 2 aromatic heterocycles. The molecule has 0 bridgehead atoms. The van der Waals surface area contributed by atoms with E-state index in [0.717, 1.165) is 0 Å². The highest BCUT2D eigenvalue weighted by molar-refractivity contribution is 6.30. The molecule has 1 saturated heterocycles. The lowest BCUT2D eigenvalue weighted by molar-refractivity contribution is 0.0132. The molecule has 6 nitrogen and oxygen atoms in total. The monoisotopic (exact) mass is 279 g/mol.